The topological polar surface area (TPSA) is 26.8 Å². The molecule has 1 aliphatic carbocycles. The summed E-state index contributed by atoms with van der Waals surface area (Å²) in [6.07, 6.45) is 3.09. The highest BCUT2D eigenvalue weighted by molar-refractivity contribution is 7.80. The Labute approximate surface area is 122 Å². The number of hydrogen-bond acceptors (Lipinski definition) is 4. The molecule has 0 spiro atoms. The first kappa shape index (κ1) is 15.1. The first-order valence-corrected chi connectivity index (χ1v) is 7.94. The summed E-state index contributed by atoms with van der Waals surface area (Å²) in [6.45, 7) is 6.04. The molecular formula is C14H27N3OS. The third-order valence-electron chi connectivity index (χ3n) is 4.41. The zero-order chi connectivity index (χ0) is 13.9. The fraction of sp³-hybridized carbons (Fsp3) is 0.929. The Bertz CT molecular complexity index is 310. The van der Waals surface area contributed by atoms with E-state index in [4.69, 9.17) is 0 Å². The predicted octanol–water partition coefficient (Wildman–Crippen LogP) is 0.792. The van der Waals surface area contributed by atoms with Crippen LogP contribution in [0.1, 0.15) is 19.3 Å². The average Bonchev–Trinajstić information content (AvgIpc) is 3.17. The summed E-state index contributed by atoms with van der Waals surface area (Å²) in [5, 5.41) is 0. The van der Waals surface area contributed by atoms with Gasteiger partial charge in [0.15, 0.2) is 0 Å². The van der Waals surface area contributed by atoms with Crippen LogP contribution in [-0.2, 0) is 4.79 Å². The number of thiol groups is 1. The fourth-order valence-electron chi connectivity index (χ4n) is 2.56. The van der Waals surface area contributed by atoms with Gasteiger partial charge in [0.05, 0.1) is 0 Å². The van der Waals surface area contributed by atoms with Crippen molar-refractivity contribution in [2.45, 2.75) is 19.3 Å². The molecule has 0 aromatic heterocycles. The number of nitrogens with zero attached hydrogens (tertiary/aromatic N) is 3. The van der Waals surface area contributed by atoms with E-state index in [2.05, 4.69) is 41.4 Å². The van der Waals surface area contributed by atoms with Crippen LogP contribution in [0, 0.1) is 5.41 Å². The van der Waals surface area contributed by atoms with Gasteiger partial charge in [0.2, 0.25) is 5.91 Å². The Balaban J connectivity index is 1.69. The molecular weight excluding hydrogens is 258 g/mol. The van der Waals surface area contributed by atoms with Crippen LogP contribution in [0.4, 0.5) is 0 Å². The van der Waals surface area contributed by atoms with Crippen LogP contribution in [0.25, 0.3) is 0 Å². The zero-order valence-electron chi connectivity index (χ0n) is 12.3. The molecule has 19 heavy (non-hydrogen) atoms. The number of hydrogen-bond donors (Lipinski definition) is 1. The number of carbonyl (C=O) groups is 1. The molecule has 0 atom stereocenters. The molecule has 1 saturated heterocycles. The summed E-state index contributed by atoms with van der Waals surface area (Å²) in [7, 11) is 4.21. The second kappa shape index (κ2) is 6.46. The van der Waals surface area contributed by atoms with Crippen molar-refractivity contribution >= 4 is 18.5 Å². The summed E-state index contributed by atoms with van der Waals surface area (Å²) in [5.41, 5.74) is 0.252. The van der Waals surface area contributed by atoms with Crippen LogP contribution < -0.4 is 0 Å². The zero-order valence-corrected chi connectivity index (χ0v) is 13.2. The summed E-state index contributed by atoms with van der Waals surface area (Å²) in [6, 6.07) is 0. The van der Waals surface area contributed by atoms with E-state index < -0.39 is 0 Å². The monoisotopic (exact) mass is 285 g/mol. The standard InChI is InChI=1S/C14H27N3OS/c1-15(2)5-6-16-7-9-17(10-8-16)13(18)11-14(12-19)3-4-14/h19H,3-12H2,1-2H3. The highest BCUT2D eigenvalue weighted by atomic mass is 32.1. The molecule has 0 aromatic rings. The molecule has 1 saturated carbocycles. The van der Waals surface area contributed by atoms with Crippen molar-refractivity contribution < 1.29 is 4.79 Å². The molecule has 0 N–H and O–H groups in total. The lowest BCUT2D eigenvalue weighted by Gasteiger charge is -2.35. The Morgan fingerprint density at radius 2 is 1.84 bits per heavy atom. The van der Waals surface area contributed by atoms with Crippen LogP contribution in [-0.4, -0.2) is 79.7 Å². The van der Waals surface area contributed by atoms with E-state index in [9.17, 15) is 4.79 Å². The highest BCUT2D eigenvalue weighted by Gasteiger charge is 2.43. The molecule has 1 aliphatic heterocycles. The fourth-order valence-corrected chi connectivity index (χ4v) is 2.99. The minimum atomic E-state index is 0.252. The van der Waals surface area contributed by atoms with Crippen molar-refractivity contribution in [1.82, 2.24) is 14.7 Å². The molecule has 0 radical (unpaired) electrons. The molecule has 1 amide bonds. The van der Waals surface area contributed by atoms with Crippen molar-refractivity contribution in [2.75, 3.05) is 59.1 Å². The van der Waals surface area contributed by atoms with Crippen LogP contribution >= 0.6 is 12.6 Å². The molecule has 5 heteroatoms. The molecule has 110 valence electrons. The van der Waals surface area contributed by atoms with E-state index in [1.54, 1.807) is 0 Å². The van der Waals surface area contributed by atoms with E-state index >= 15 is 0 Å². The van der Waals surface area contributed by atoms with Crippen LogP contribution in [0.5, 0.6) is 0 Å². The number of likely N-dealkylation sites (N-methyl/N-ethyl adjacent to an activating group) is 1. The Hall–Kier alpha value is -0.260. The smallest absolute Gasteiger partial charge is 0.223 e. The number of carbonyl (C=O) groups excluding carboxylic acids is 1. The van der Waals surface area contributed by atoms with Crippen LogP contribution in [0.15, 0.2) is 0 Å². The van der Waals surface area contributed by atoms with Gasteiger partial charge in [-0.25, -0.2) is 0 Å². The Kier molecular flexibility index (Phi) is 5.15. The van der Waals surface area contributed by atoms with Gasteiger partial charge in [0, 0.05) is 45.7 Å². The Morgan fingerprint density at radius 3 is 2.32 bits per heavy atom. The number of rotatable bonds is 6. The van der Waals surface area contributed by atoms with Crippen molar-refractivity contribution in [1.29, 1.82) is 0 Å². The lowest BCUT2D eigenvalue weighted by atomic mass is 10.0. The van der Waals surface area contributed by atoms with Gasteiger partial charge in [-0.15, -0.1) is 0 Å². The maximum Gasteiger partial charge on any atom is 0.223 e. The lowest BCUT2D eigenvalue weighted by Crippen LogP contribution is -2.50. The summed E-state index contributed by atoms with van der Waals surface area (Å²) < 4.78 is 0. The number of piperazine rings is 1. The van der Waals surface area contributed by atoms with Gasteiger partial charge in [-0.2, -0.15) is 12.6 Å². The van der Waals surface area contributed by atoms with Crippen LogP contribution in [0.3, 0.4) is 0 Å². The van der Waals surface area contributed by atoms with E-state index in [1.165, 1.54) is 12.8 Å². The molecule has 4 nitrogen and oxygen atoms in total. The molecule has 0 aromatic carbocycles. The van der Waals surface area contributed by atoms with Gasteiger partial charge in [-0.05, 0) is 38.1 Å². The minimum absolute atomic E-state index is 0.252. The second-order valence-electron chi connectivity index (χ2n) is 6.36. The van der Waals surface area contributed by atoms with Crippen molar-refractivity contribution in [3.8, 4) is 0 Å². The van der Waals surface area contributed by atoms with E-state index in [-0.39, 0.29) is 5.41 Å². The summed E-state index contributed by atoms with van der Waals surface area (Å²) in [5.74, 6) is 1.21. The molecule has 2 fully saturated rings. The maximum atomic E-state index is 12.3. The van der Waals surface area contributed by atoms with Crippen molar-refractivity contribution in [3.05, 3.63) is 0 Å². The van der Waals surface area contributed by atoms with Gasteiger partial charge in [0.25, 0.3) is 0 Å². The van der Waals surface area contributed by atoms with Gasteiger partial charge in [-0.1, -0.05) is 0 Å². The van der Waals surface area contributed by atoms with E-state index in [0.29, 0.717) is 12.3 Å². The number of amides is 1. The quantitative estimate of drug-likeness (QED) is 0.731. The Morgan fingerprint density at radius 1 is 1.21 bits per heavy atom. The maximum absolute atomic E-state index is 12.3. The molecule has 2 aliphatic rings. The normalized spacial score (nSPS) is 22.8. The minimum Gasteiger partial charge on any atom is -0.340 e. The van der Waals surface area contributed by atoms with Crippen molar-refractivity contribution in [3.63, 3.8) is 0 Å². The molecule has 1 heterocycles. The SMILES string of the molecule is CN(C)CCN1CCN(C(=O)CC2(CS)CC2)CC1. The van der Waals surface area contributed by atoms with Crippen LogP contribution in [0.2, 0.25) is 0 Å². The summed E-state index contributed by atoms with van der Waals surface area (Å²) >= 11 is 4.38. The van der Waals surface area contributed by atoms with E-state index in [1.807, 2.05) is 0 Å². The first-order chi connectivity index (χ1) is 9.04. The predicted molar refractivity (Wildman–Crippen MR) is 81.7 cm³/mol. The van der Waals surface area contributed by atoms with Gasteiger partial charge >= 0.3 is 0 Å². The summed E-state index contributed by atoms with van der Waals surface area (Å²) in [4.78, 5) is 19.0. The average molecular weight is 285 g/mol. The first-order valence-electron chi connectivity index (χ1n) is 7.30. The van der Waals surface area contributed by atoms with Gasteiger partial charge < -0.3 is 9.80 Å². The lowest BCUT2D eigenvalue weighted by molar-refractivity contribution is -0.134. The third kappa shape index (κ3) is 4.36. The highest BCUT2D eigenvalue weighted by Crippen LogP contribution is 2.49. The molecule has 2 rings (SSSR count). The second-order valence-corrected chi connectivity index (χ2v) is 6.68. The third-order valence-corrected chi connectivity index (χ3v) is 5.08. The molecule has 0 bridgehead atoms. The van der Waals surface area contributed by atoms with Crippen molar-refractivity contribution in [2.24, 2.45) is 5.41 Å². The van der Waals surface area contributed by atoms with Gasteiger partial charge in [0.1, 0.15) is 0 Å². The van der Waals surface area contributed by atoms with E-state index in [0.717, 1.165) is 45.0 Å². The molecule has 0 unspecified atom stereocenters. The largest absolute Gasteiger partial charge is 0.340 e. The van der Waals surface area contributed by atoms with Gasteiger partial charge in [-0.3, -0.25) is 9.69 Å².